The number of ether oxygens (including phenoxy) is 3. The molecule has 1 saturated heterocycles. The number of nitrogens with one attached hydrogen (secondary N) is 2. The lowest BCUT2D eigenvalue weighted by atomic mass is 10.0. The van der Waals surface area contributed by atoms with Crippen LogP contribution in [-0.2, 0) is 11.2 Å². The fraction of sp³-hybridized carbons (Fsp3) is 0.548. The predicted octanol–water partition coefficient (Wildman–Crippen LogP) is 4.46. The van der Waals surface area contributed by atoms with Crippen molar-refractivity contribution in [2.45, 2.75) is 64.5 Å². The van der Waals surface area contributed by atoms with Gasteiger partial charge in [-0.25, -0.2) is 0 Å². The van der Waals surface area contributed by atoms with Crippen molar-refractivity contribution in [1.82, 2.24) is 15.5 Å². The highest BCUT2D eigenvalue weighted by Gasteiger charge is 2.32. The van der Waals surface area contributed by atoms with E-state index in [2.05, 4.69) is 53.6 Å². The molecule has 0 saturated carbocycles. The van der Waals surface area contributed by atoms with Crippen LogP contribution >= 0.6 is 0 Å². The molecule has 39 heavy (non-hydrogen) atoms. The molecule has 0 unspecified atom stereocenters. The van der Waals surface area contributed by atoms with Crippen LogP contribution in [0.1, 0.15) is 61.9 Å². The van der Waals surface area contributed by atoms with E-state index in [1.165, 1.54) is 26.9 Å². The normalized spacial score (nSPS) is 16.1. The van der Waals surface area contributed by atoms with Crippen molar-refractivity contribution < 1.29 is 23.8 Å². The third-order valence-electron chi connectivity index (χ3n) is 7.17. The molecule has 2 atom stereocenters. The Labute approximate surface area is 233 Å². The minimum Gasteiger partial charge on any atom is -0.493 e. The zero-order valence-electron chi connectivity index (χ0n) is 24.1. The number of unbranched alkanes of at least 4 members (excludes halogenated alkanes) is 1. The van der Waals surface area contributed by atoms with Crippen molar-refractivity contribution in [2.75, 3.05) is 41.0 Å². The van der Waals surface area contributed by atoms with E-state index < -0.39 is 0 Å². The summed E-state index contributed by atoms with van der Waals surface area (Å²) in [6.07, 6.45) is 5.64. The average molecular weight is 540 g/mol. The van der Waals surface area contributed by atoms with Crippen molar-refractivity contribution in [1.29, 1.82) is 0 Å². The van der Waals surface area contributed by atoms with E-state index in [1.807, 2.05) is 6.07 Å². The summed E-state index contributed by atoms with van der Waals surface area (Å²) < 4.78 is 16.2. The summed E-state index contributed by atoms with van der Waals surface area (Å²) >= 11 is 0. The fourth-order valence-electron chi connectivity index (χ4n) is 5.28. The number of rotatable bonds is 15. The van der Waals surface area contributed by atoms with E-state index in [9.17, 15) is 9.59 Å². The lowest BCUT2D eigenvalue weighted by Crippen LogP contribution is -2.50. The Kier molecular flexibility index (Phi) is 11.9. The van der Waals surface area contributed by atoms with Gasteiger partial charge in [-0.2, -0.15) is 0 Å². The predicted molar refractivity (Wildman–Crippen MR) is 154 cm³/mol. The van der Waals surface area contributed by atoms with Gasteiger partial charge in [-0.3, -0.25) is 14.5 Å². The molecule has 0 spiro atoms. The van der Waals surface area contributed by atoms with Gasteiger partial charge in [-0.05, 0) is 68.7 Å². The molecular formula is C31H45N3O5. The van der Waals surface area contributed by atoms with Crippen LogP contribution in [0.25, 0.3) is 0 Å². The number of likely N-dealkylation sites (tertiary alicyclic amines) is 1. The highest BCUT2D eigenvalue weighted by Crippen LogP contribution is 2.38. The molecule has 0 aromatic heterocycles. The molecule has 8 nitrogen and oxygen atoms in total. The first-order valence-corrected chi connectivity index (χ1v) is 14.0. The average Bonchev–Trinajstić information content (AvgIpc) is 3.40. The summed E-state index contributed by atoms with van der Waals surface area (Å²) in [6, 6.07) is 13.5. The minimum absolute atomic E-state index is 0.0893. The topological polar surface area (TPSA) is 89.1 Å². The van der Waals surface area contributed by atoms with E-state index in [4.69, 9.17) is 14.2 Å². The molecule has 2 aromatic rings. The smallest absolute Gasteiger partial charge is 0.251 e. The molecule has 2 N–H and O–H groups in total. The van der Waals surface area contributed by atoms with Crippen LogP contribution in [-0.4, -0.2) is 69.8 Å². The van der Waals surface area contributed by atoms with Gasteiger partial charge < -0.3 is 24.8 Å². The number of benzene rings is 2. The molecule has 8 heteroatoms. The molecule has 0 radical (unpaired) electrons. The van der Waals surface area contributed by atoms with Gasteiger partial charge in [-0.15, -0.1) is 0 Å². The Hall–Kier alpha value is -3.26. The standard InChI is InChI=1S/C31H45N3O5/c1-22(2)18-25(33-30(35)24-19-27(37-3)29(39-5)28(20-24)38-4)21-34-17-11-15-26(34)31(36)32-16-10-9-14-23-12-7-6-8-13-23/h6-8,12-13,19-20,22,25-26H,9-11,14-18,21H2,1-5H3,(H,32,36)(H,33,35)/t25-,26-/m0/s1. The Morgan fingerprint density at radius 3 is 2.31 bits per heavy atom. The molecule has 3 rings (SSSR count). The SMILES string of the molecule is COc1cc(C(=O)N[C@@H](CC(C)C)CN2CCC[C@H]2C(=O)NCCCCc2ccccc2)cc(OC)c1OC. The first-order chi connectivity index (χ1) is 18.9. The van der Waals surface area contributed by atoms with Gasteiger partial charge >= 0.3 is 0 Å². The van der Waals surface area contributed by atoms with Gasteiger partial charge in [-0.1, -0.05) is 44.2 Å². The zero-order valence-corrected chi connectivity index (χ0v) is 24.1. The van der Waals surface area contributed by atoms with Gasteiger partial charge in [0.15, 0.2) is 11.5 Å². The van der Waals surface area contributed by atoms with E-state index in [0.29, 0.717) is 41.8 Å². The van der Waals surface area contributed by atoms with E-state index in [-0.39, 0.29) is 23.9 Å². The zero-order chi connectivity index (χ0) is 28.2. The number of methoxy groups -OCH3 is 3. The van der Waals surface area contributed by atoms with Crippen molar-refractivity contribution >= 4 is 11.8 Å². The number of amides is 2. The summed E-state index contributed by atoms with van der Waals surface area (Å²) in [4.78, 5) is 28.6. The third kappa shape index (κ3) is 8.88. The van der Waals surface area contributed by atoms with E-state index in [1.54, 1.807) is 12.1 Å². The molecule has 2 aromatic carbocycles. The second kappa shape index (κ2) is 15.4. The number of carbonyl (C=O) groups excluding carboxylic acids is 2. The number of hydrogen-bond acceptors (Lipinski definition) is 6. The first kappa shape index (κ1) is 30.3. The second-order valence-electron chi connectivity index (χ2n) is 10.6. The molecule has 1 aliphatic heterocycles. The number of carbonyl (C=O) groups is 2. The van der Waals surface area contributed by atoms with Crippen LogP contribution in [0.5, 0.6) is 17.2 Å². The van der Waals surface area contributed by atoms with Crippen LogP contribution < -0.4 is 24.8 Å². The van der Waals surface area contributed by atoms with Crippen LogP contribution in [0.3, 0.4) is 0 Å². The second-order valence-corrected chi connectivity index (χ2v) is 10.6. The molecule has 0 bridgehead atoms. The third-order valence-corrected chi connectivity index (χ3v) is 7.17. The Morgan fingerprint density at radius 1 is 1.00 bits per heavy atom. The molecule has 1 fully saturated rings. The monoisotopic (exact) mass is 539 g/mol. The molecular weight excluding hydrogens is 494 g/mol. The highest BCUT2D eigenvalue weighted by atomic mass is 16.5. The maximum Gasteiger partial charge on any atom is 0.251 e. The quantitative estimate of drug-likeness (QED) is 0.325. The lowest BCUT2D eigenvalue weighted by molar-refractivity contribution is -0.125. The largest absolute Gasteiger partial charge is 0.493 e. The van der Waals surface area contributed by atoms with E-state index in [0.717, 1.165) is 45.1 Å². The Morgan fingerprint density at radius 2 is 1.69 bits per heavy atom. The Bertz CT molecular complexity index is 1030. The lowest BCUT2D eigenvalue weighted by Gasteiger charge is -2.30. The molecule has 1 aliphatic rings. The van der Waals surface area contributed by atoms with Crippen LogP contribution in [0, 0.1) is 5.92 Å². The maximum absolute atomic E-state index is 13.3. The van der Waals surface area contributed by atoms with Gasteiger partial charge in [0.2, 0.25) is 11.7 Å². The van der Waals surface area contributed by atoms with Crippen LogP contribution in [0.2, 0.25) is 0 Å². The maximum atomic E-state index is 13.3. The van der Waals surface area contributed by atoms with Crippen LogP contribution in [0.4, 0.5) is 0 Å². The van der Waals surface area contributed by atoms with Crippen molar-refractivity contribution in [2.24, 2.45) is 5.92 Å². The fourth-order valence-corrected chi connectivity index (χ4v) is 5.28. The Balaban J connectivity index is 1.57. The van der Waals surface area contributed by atoms with Crippen LogP contribution in [0.15, 0.2) is 42.5 Å². The van der Waals surface area contributed by atoms with Crippen molar-refractivity contribution in [3.63, 3.8) is 0 Å². The van der Waals surface area contributed by atoms with Crippen molar-refractivity contribution in [3.05, 3.63) is 53.6 Å². The summed E-state index contributed by atoms with van der Waals surface area (Å²) in [5.74, 6) is 1.57. The molecule has 1 heterocycles. The minimum atomic E-state index is -0.210. The summed E-state index contributed by atoms with van der Waals surface area (Å²) in [7, 11) is 4.59. The highest BCUT2D eigenvalue weighted by molar-refractivity contribution is 5.95. The summed E-state index contributed by atoms with van der Waals surface area (Å²) in [5.41, 5.74) is 1.76. The van der Waals surface area contributed by atoms with Gasteiger partial charge in [0.25, 0.3) is 5.91 Å². The van der Waals surface area contributed by atoms with Gasteiger partial charge in [0.05, 0.1) is 27.4 Å². The number of nitrogens with zero attached hydrogens (tertiary/aromatic N) is 1. The number of hydrogen-bond donors (Lipinski definition) is 2. The summed E-state index contributed by atoms with van der Waals surface area (Å²) in [5, 5.41) is 6.35. The van der Waals surface area contributed by atoms with E-state index >= 15 is 0 Å². The summed E-state index contributed by atoms with van der Waals surface area (Å²) in [6.45, 7) is 6.44. The number of aryl methyl sites for hydroxylation is 1. The molecule has 0 aliphatic carbocycles. The van der Waals surface area contributed by atoms with Crippen molar-refractivity contribution in [3.8, 4) is 17.2 Å². The van der Waals surface area contributed by atoms with Gasteiger partial charge in [0.1, 0.15) is 0 Å². The van der Waals surface area contributed by atoms with Gasteiger partial charge in [0, 0.05) is 24.7 Å². The first-order valence-electron chi connectivity index (χ1n) is 14.0. The molecule has 2 amide bonds. The molecule has 214 valence electrons.